The largest absolute Gasteiger partial charge is 0.396 e. The number of aromatic nitrogens is 4. The highest BCUT2D eigenvalue weighted by atomic mass is 32.1. The highest BCUT2D eigenvalue weighted by Gasteiger charge is 2.08. The second kappa shape index (κ2) is 5.93. The van der Waals surface area contributed by atoms with Gasteiger partial charge in [-0.2, -0.15) is 5.10 Å². The van der Waals surface area contributed by atoms with Crippen molar-refractivity contribution < 1.29 is 0 Å². The molecule has 0 spiro atoms. The summed E-state index contributed by atoms with van der Waals surface area (Å²) in [5.74, 6) is 0.687. The van der Waals surface area contributed by atoms with Crippen LogP contribution in [0.3, 0.4) is 0 Å². The summed E-state index contributed by atoms with van der Waals surface area (Å²) in [7, 11) is 1.89. The van der Waals surface area contributed by atoms with E-state index < -0.39 is 0 Å². The minimum Gasteiger partial charge on any atom is -0.396 e. The van der Waals surface area contributed by atoms with Crippen LogP contribution in [0.4, 0.5) is 11.5 Å². The number of fused-ring (bicyclic) bond motifs is 1. The Morgan fingerprint density at radius 3 is 2.96 bits per heavy atom. The predicted molar refractivity (Wildman–Crippen MR) is 97.8 cm³/mol. The third-order valence-corrected chi connectivity index (χ3v) is 4.84. The molecule has 0 aliphatic heterocycles. The number of hydrogen-bond donors (Lipinski definition) is 2. The highest BCUT2D eigenvalue weighted by Crippen LogP contribution is 2.27. The first-order valence-electron chi connectivity index (χ1n) is 7.51. The number of nitrogen functional groups attached to an aromatic ring is 1. The lowest BCUT2D eigenvalue weighted by molar-refractivity contribution is 0.768. The Labute approximate surface area is 143 Å². The molecule has 0 atom stereocenters. The van der Waals surface area contributed by atoms with E-state index in [9.17, 15) is 0 Å². The first kappa shape index (κ1) is 14.6. The molecule has 3 N–H and O–H groups in total. The SMILES string of the molecule is Cn1cc(-c2ccc(N)c(NCc3cc4cnccc4s3)n2)cn1. The van der Waals surface area contributed by atoms with E-state index in [1.165, 1.54) is 9.58 Å². The van der Waals surface area contributed by atoms with Crippen molar-refractivity contribution in [2.24, 2.45) is 7.05 Å². The Hall–Kier alpha value is -2.93. The van der Waals surface area contributed by atoms with Crippen LogP contribution in [0.1, 0.15) is 4.88 Å². The molecule has 0 bridgehead atoms. The molecule has 0 unspecified atom stereocenters. The number of hydrogen-bond acceptors (Lipinski definition) is 6. The number of anilines is 2. The Morgan fingerprint density at radius 1 is 1.25 bits per heavy atom. The fourth-order valence-electron chi connectivity index (χ4n) is 2.52. The molecule has 0 saturated heterocycles. The van der Waals surface area contributed by atoms with Gasteiger partial charge in [0.25, 0.3) is 0 Å². The molecule has 0 fully saturated rings. The van der Waals surface area contributed by atoms with E-state index in [0.29, 0.717) is 18.1 Å². The normalized spacial score (nSPS) is 11.0. The Bertz CT molecular complexity index is 970. The van der Waals surface area contributed by atoms with Crippen molar-refractivity contribution in [2.45, 2.75) is 6.54 Å². The Balaban J connectivity index is 1.57. The quantitative estimate of drug-likeness (QED) is 0.598. The molecule has 0 aromatic carbocycles. The number of aryl methyl sites for hydroxylation is 1. The van der Waals surface area contributed by atoms with E-state index in [4.69, 9.17) is 5.73 Å². The van der Waals surface area contributed by atoms with Gasteiger partial charge in [0, 0.05) is 46.2 Å². The van der Waals surface area contributed by atoms with Crippen molar-refractivity contribution in [1.29, 1.82) is 0 Å². The van der Waals surface area contributed by atoms with E-state index in [-0.39, 0.29) is 0 Å². The summed E-state index contributed by atoms with van der Waals surface area (Å²) in [5.41, 5.74) is 8.50. The van der Waals surface area contributed by atoms with Crippen molar-refractivity contribution in [3.63, 3.8) is 0 Å². The number of thiophene rings is 1. The number of nitrogens with zero attached hydrogens (tertiary/aromatic N) is 4. The summed E-state index contributed by atoms with van der Waals surface area (Å²) in [6.07, 6.45) is 7.42. The molecular weight excluding hydrogens is 320 g/mol. The van der Waals surface area contributed by atoms with Gasteiger partial charge in [-0.15, -0.1) is 11.3 Å². The van der Waals surface area contributed by atoms with Gasteiger partial charge in [-0.25, -0.2) is 4.98 Å². The number of nitrogens with one attached hydrogen (secondary N) is 1. The lowest BCUT2D eigenvalue weighted by Gasteiger charge is -2.08. The lowest BCUT2D eigenvalue weighted by atomic mass is 10.2. The van der Waals surface area contributed by atoms with Gasteiger partial charge in [0.2, 0.25) is 0 Å². The molecule has 120 valence electrons. The van der Waals surface area contributed by atoms with Crippen LogP contribution in [0.25, 0.3) is 21.3 Å². The third-order valence-electron chi connectivity index (χ3n) is 3.72. The van der Waals surface area contributed by atoms with Gasteiger partial charge in [-0.3, -0.25) is 9.67 Å². The standard InChI is InChI=1S/C17H16N6S/c1-23-10-12(8-21-23)15-3-2-14(18)17(22-15)20-9-13-6-11-7-19-5-4-16(11)24-13/h2-8,10H,9,18H2,1H3,(H,20,22). The fraction of sp³-hybridized carbons (Fsp3) is 0.118. The van der Waals surface area contributed by atoms with E-state index in [0.717, 1.165) is 16.6 Å². The number of rotatable bonds is 4. The van der Waals surface area contributed by atoms with Gasteiger partial charge >= 0.3 is 0 Å². The maximum atomic E-state index is 6.06. The summed E-state index contributed by atoms with van der Waals surface area (Å²) in [5, 5.41) is 8.67. The van der Waals surface area contributed by atoms with Crippen LogP contribution in [0.2, 0.25) is 0 Å². The van der Waals surface area contributed by atoms with Crippen molar-refractivity contribution in [3.8, 4) is 11.3 Å². The first-order valence-corrected chi connectivity index (χ1v) is 8.32. The minimum absolute atomic E-state index is 0.630. The predicted octanol–water partition coefficient (Wildman–Crippen LogP) is 3.29. The molecule has 4 aromatic rings. The molecule has 4 aromatic heterocycles. The van der Waals surface area contributed by atoms with Gasteiger partial charge in [0.05, 0.1) is 24.1 Å². The lowest BCUT2D eigenvalue weighted by Crippen LogP contribution is -2.04. The van der Waals surface area contributed by atoms with Crippen LogP contribution in [0, 0.1) is 0 Å². The van der Waals surface area contributed by atoms with Crippen molar-refractivity contribution in [1.82, 2.24) is 19.7 Å². The van der Waals surface area contributed by atoms with Crippen molar-refractivity contribution in [2.75, 3.05) is 11.1 Å². The smallest absolute Gasteiger partial charge is 0.150 e. The van der Waals surface area contributed by atoms with Crippen LogP contribution in [-0.2, 0) is 13.6 Å². The van der Waals surface area contributed by atoms with E-state index >= 15 is 0 Å². The van der Waals surface area contributed by atoms with Crippen molar-refractivity contribution in [3.05, 3.63) is 53.9 Å². The second-order valence-corrected chi connectivity index (χ2v) is 6.69. The fourth-order valence-corrected chi connectivity index (χ4v) is 3.49. The summed E-state index contributed by atoms with van der Waals surface area (Å²) in [6.45, 7) is 0.674. The number of pyridine rings is 2. The molecular formula is C17H16N6S. The molecule has 0 aliphatic rings. The van der Waals surface area contributed by atoms with E-state index in [2.05, 4.69) is 26.4 Å². The zero-order valence-electron chi connectivity index (χ0n) is 13.1. The van der Waals surface area contributed by atoms with Crippen LogP contribution < -0.4 is 11.1 Å². The van der Waals surface area contributed by atoms with Crippen LogP contribution >= 0.6 is 11.3 Å². The van der Waals surface area contributed by atoms with Gasteiger partial charge in [-0.05, 0) is 24.3 Å². The maximum Gasteiger partial charge on any atom is 0.150 e. The molecule has 0 amide bonds. The maximum absolute atomic E-state index is 6.06. The molecule has 0 saturated carbocycles. The molecule has 7 heteroatoms. The van der Waals surface area contributed by atoms with Crippen molar-refractivity contribution >= 4 is 32.9 Å². The molecule has 24 heavy (non-hydrogen) atoms. The summed E-state index contributed by atoms with van der Waals surface area (Å²) < 4.78 is 2.98. The molecule has 6 nitrogen and oxygen atoms in total. The minimum atomic E-state index is 0.630. The monoisotopic (exact) mass is 336 g/mol. The highest BCUT2D eigenvalue weighted by molar-refractivity contribution is 7.19. The van der Waals surface area contributed by atoms with Gasteiger partial charge in [-0.1, -0.05) is 0 Å². The molecule has 4 heterocycles. The Kier molecular flexibility index (Phi) is 3.62. The average molecular weight is 336 g/mol. The van der Waals surface area contributed by atoms with Crippen LogP contribution in [0.15, 0.2) is 49.1 Å². The van der Waals surface area contributed by atoms with Crippen LogP contribution in [0.5, 0.6) is 0 Å². The first-order chi connectivity index (χ1) is 11.7. The second-order valence-electron chi connectivity index (χ2n) is 5.52. The summed E-state index contributed by atoms with van der Waals surface area (Å²) in [4.78, 5) is 9.99. The summed E-state index contributed by atoms with van der Waals surface area (Å²) >= 11 is 1.74. The van der Waals surface area contributed by atoms with Gasteiger partial charge in [0.1, 0.15) is 5.82 Å². The van der Waals surface area contributed by atoms with E-state index in [1.807, 2.05) is 43.8 Å². The molecule has 0 radical (unpaired) electrons. The average Bonchev–Trinajstić information content (AvgIpc) is 3.20. The van der Waals surface area contributed by atoms with Gasteiger partial charge in [0.15, 0.2) is 0 Å². The Morgan fingerprint density at radius 2 is 2.17 bits per heavy atom. The van der Waals surface area contributed by atoms with Gasteiger partial charge < -0.3 is 11.1 Å². The molecule has 0 aliphatic carbocycles. The number of nitrogens with two attached hydrogens (primary N) is 1. The topological polar surface area (TPSA) is 81.6 Å². The van der Waals surface area contributed by atoms with Crippen LogP contribution in [-0.4, -0.2) is 19.7 Å². The zero-order valence-corrected chi connectivity index (χ0v) is 13.9. The van der Waals surface area contributed by atoms with E-state index in [1.54, 1.807) is 22.2 Å². The summed E-state index contributed by atoms with van der Waals surface area (Å²) in [6, 6.07) is 7.94. The third kappa shape index (κ3) is 2.81. The molecule has 4 rings (SSSR count). The zero-order chi connectivity index (χ0) is 16.5.